The molecule has 2 saturated heterocycles. The third-order valence-corrected chi connectivity index (χ3v) is 4.13. The van der Waals surface area contributed by atoms with E-state index in [1.165, 1.54) is 45.3 Å². The molecule has 0 radical (unpaired) electrons. The van der Waals surface area contributed by atoms with Crippen LogP contribution < -0.4 is 5.32 Å². The maximum absolute atomic E-state index is 5.29. The van der Waals surface area contributed by atoms with Crippen molar-refractivity contribution >= 4 is 0 Å². The Morgan fingerprint density at radius 1 is 1.29 bits per heavy atom. The summed E-state index contributed by atoms with van der Waals surface area (Å²) < 4.78 is 5.29. The molecule has 0 amide bonds. The Kier molecular flexibility index (Phi) is 4.83. The molecule has 100 valence electrons. The zero-order valence-electron chi connectivity index (χ0n) is 11.5. The number of piperidine rings is 1. The van der Waals surface area contributed by atoms with Gasteiger partial charge in [0.2, 0.25) is 0 Å². The first kappa shape index (κ1) is 13.3. The molecule has 0 spiro atoms. The van der Waals surface area contributed by atoms with E-state index in [2.05, 4.69) is 24.1 Å². The van der Waals surface area contributed by atoms with E-state index in [9.17, 15) is 0 Å². The van der Waals surface area contributed by atoms with Crippen molar-refractivity contribution in [2.45, 2.75) is 45.6 Å². The summed E-state index contributed by atoms with van der Waals surface area (Å²) in [6, 6.07) is 0.741. The second-order valence-corrected chi connectivity index (χ2v) is 6.15. The Labute approximate surface area is 106 Å². The van der Waals surface area contributed by atoms with Crippen LogP contribution in [0.2, 0.25) is 0 Å². The van der Waals surface area contributed by atoms with Gasteiger partial charge in [-0.1, -0.05) is 20.3 Å². The van der Waals surface area contributed by atoms with Crippen LogP contribution >= 0.6 is 0 Å². The summed E-state index contributed by atoms with van der Waals surface area (Å²) in [5, 5.41) is 3.73. The van der Waals surface area contributed by atoms with Gasteiger partial charge < -0.3 is 15.0 Å². The van der Waals surface area contributed by atoms with Crippen molar-refractivity contribution in [3.8, 4) is 0 Å². The Balaban J connectivity index is 1.58. The van der Waals surface area contributed by atoms with E-state index < -0.39 is 0 Å². The predicted molar refractivity (Wildman–Crippen MR) is 71.3 cm³/mol. The number of likely N-dealkylation sites (tertiary alicyclic amines) is 1. The van der Waals surface area contributed by atoms with Crippen LogP contribution in [-0.2, 0) is 4.74 Å². The number of hydrogen-bond donors (Lipinski definition) is 1. The molecular weight excluding hydrogens is 212 g/mol. The molecule has 0 aromatic heterocycles. The van der Waals surface area contributed by atoms with Crippen LogP contribution in [0, 0.1) is 5.41 Å². The lowest BCUT2D eigenvalue weighted by molar-refractivity contribution is -0.100. The molecule has 0 aliphatic carbocycles. The maximum Gasteiger partial charge on any atom is 0.0554 e. The SMILES string of the molecule is CCCCN1CCC(NCC2(C)COC2)CC1. The zero-order valence-corrected chi connectivity index (χ0v) is 11.5. The van der Waals surface area contributed by atoms with Gasteiger partial charge in [0.25, 0.3) is 0 Å². The molecule has 0 atom stereocenters. The van der Waals surface area contributed by atoms with Crippen molar-refractivity contribution in [3.05, 3.63) is 0 Å². The number of ether oxygens (including phenoxy) is 1. The van der Waals surface area contributed by atoms with Crippen molar-refractivity contribution in [2.75, 3.05) is 39.4 Å². The van der Waals surface area contributed by atoms with Gasteiger partial charge in [-0.15, -0.1) is 0 Å². The Morgan fingerprint density at radius 2 is 2.00 bits per heavy atom. The lowest BCUT2D eigenvalue weighted by atomic mass is 9.88. The van der Waals surface area contributed by atoms with E-state index in [0.29, 0.717) is 5.41 Å². The Morgan fingerprint density at radius 3 is 2.53 bits per heavy atom. The van der Waals surface area contributed by atoms with E-state index in [4.69, 9.17) is 4.74 Å². The maximum atomic E-state index is 5.29. The summed E-state index contributed by atoms with van der Waals surface area (Å²) in [6.07, 6.45) is 5.31. The van der Waals surface area contributed by atoms with Crippen LogP contribution in [0.5, 0.6) is 0 Å². The molecule has 0 bridgehead atoms. The van der Waals surface area contributed by atoms with E-state index in [0.717, 1.165) is 25.8 Å². The highest BCUT2D eigenvalue weighted by Gasteiger charge is 2.33. The number of nitrogens with zero attached hydrogens (tertiary/aromatic N) is 1. The highest BCUT2D eigenvalue weighted by atomic mass is 16.5. The molecule has 0 aromatic rings. The van der Waals surface area contributed by atoms with Gasteiger partial charge in [-0.25, -0.2) is 0 Å². The molecule has 0 aromatic carbocycles. The number of unbranched alkanes of at least 4 members (excludes halogenated alkanes) is 1. The molecule has 2 fully saturated rings. The van der Waals surface area contributed by atoms with Gasteiger partial charge in [-0.3, -0.25) is 0 Å². The highest BCUT2D eigenvalue weighted by molar-refractivity contribution is 4.86. The lowest BCUT2D eigenvalue weighted by Crippen LogP contribution is -2.51. The first-order valence-electron chi connectivity index (χ1n) is 7.25. The van der Waals surface area contributed by atoms with Crippen LogP contribution in [-0.4, -0.2) is 50.3 Å². The summed E-state index contributed by atoms with van der Waals surface area (Å²) in [7, 11) is 0. The largest absolute Gasteiger partial charge is 0.380 e. The molecule has 2 aliphatic rings. The highest BCUT2D eigenvalue weighted by Crippen LogP contribution is 2.25. The van der Waals surface area contributed by atoms with Gasteiger partial charge in [-0.2, -0.15) is 0 Å². The van der Waals surface area contributed by atoms with Crippen molar-refractivity contribution in [2.24, 2.45) is 5.41 Å². The number of rotatable bonds is 6. The minimum Gasteiger partial charge on any atom is -0.380 e. The molecule has 3 heteroatoms. The molecule has 2 rings (SSSR count). The van der Waals surface area contributed by atoms with E-state index in [1.54, 1.807) is 0 Å². The minimum atomic E-state index is 0.416. The quantitative estimate of drug-likeness (QED) is 0.767. The Hall–Kier alpha value is -0.120. The van der Waals surface area contributed by atoms with Crippen LogP contribution in [0.25, 0.3) is 0 Å². The average Bonchev–Trinajstić information content (AvgIpc) is 2.33. The van der Waals surface area contributed by atoms with Crippen LogP contribution in [0.15, 0.2) is 0 Å². The molecule has 17 heavy (non-hydrogen) atoms. The van der Waals surface area contributed by atoms with Crippen LogP contribution in [0.4, 0.5) is 0 Å². The summed E-state index contributed by atoms with van der Waals surface area (Å²) in [6.45, 7) is 11.5. The summed E-state index contributed by atoms with van der Waals surface area (Å²) >= 11 is 0. The monoisotopic (exact) mass is 240 g/mol. The fraction of sp³-hybridized carbons (Fsp3) is 1.00. The standard InChI is InChI=1S/C14H28N2O/c1-3-4-7-16-8-5-13(6-9-16)15-10-14(2)11-17-12-14/h13,15H,3-12H2,1-2H3. The fourth-order valence-electron chi connectivity index (χ4n) is 2.69. The average molecular weight is 240 g/mol. The van der Waals surface area contributed by atoms with Gasteiger partial charge in [0.05, 0.1) is 13.2 Å². The van der Waals surface area contributed by atoms with E-state index in [-0.39, 0.29) is 0 Å². The fourth-order valence-corrected chi connectivity index (χ4v) is 2.69. The lowest BCUT2D eigenvalue weighted by Gasteiger charge is -2.40. The van der Waals surface area contributed by atoms with Gasteiger partial charge in [-0.05, 0) is 38.9 Å². The van der Waals surface area contributed by atoms with Crippen molar-refractivity contribution in [3.63, 3.8) is 0 Å². The topological polar surface area (TPSA) is 24.5 Å². The van der Waals surface area contributed by atoms with Crippen molar-refractivity contribution in [1.29, 1.82) is 0 Å². The second-order valence-electron chi connectivity index (χ2n) is 6.15. The van der Waals surface area contributed by atoms with Crippen molar-refractivity contribution in [1.82, 2.24) is 10.2 Å². The summed E-state index contributed by atoms with van der Waals surface area (Å²) in [4.78, 5) is 2.62. The zero-order chi connectivity index (χ0) is 12.1. The predicted octanol–water partition coefficient (Wildman–Crippen LogP) is 1.88. The van der Waals surface area contributed by atoms with Gasteiger partial charge in [0, 0.05) is 18.0 Å². The minimum absolute atomic E-state index is 0.416. The van der Waals surface area contributed by atoms with E-state index >= 15 is 0 Å². The third-order valence-electron chi connectivity index (χ3n) is 4.13. The smallest absolute Gasteiger partial charge is 0.0554 e. The molecule has 3 nitrogen and oxygen atoms in total. The molecule has 2 heterocycles. The Bertz CT molecular complexity index is 220. The van der Waals surface area contributed by atoms with E-state index in [1.807, 2.05) is 0 Å². The van der Waals surface area contributed by atoms with Gasteiger partial charge in [0.15, 0.2) is 0 Å². The molecular formula is C14H28N2O. The first-order valence-corrected chi connectivity index (χ1v) is 7.25. The number of hydrogen-bond acceptors (Lipinski definition) is 3. The normalized spacial score (nSPS) is 25.8. The van der Waals surface area contributed by atoms with Crippen molar-refractivity contribution < 1.29 is 4.74 Å². The number of nitrogens with one attached hydrogen (secondary N) is 1. The van der Waals surface area contributed by atoms with Gasteiger partial charge in [0.1, 0.15) is 0 Å². The van der Waals surface area contributed by atoms with Crippen LogP contribution in [0.1, 0.15) is 39.5 Å². The third kappa shape index (κ3) is 3.94. The van der Waals surface area contributed by atoms with Crippen LogP contribution in [0.3, 0.4) is 0 Å². The first-order chi connectivity index (χ1) is 8.22. The summed E-state index contributed by atoms with van der Waals surface area (Å²) in [5.74, 6) is 0. The molecule has 1 N–H and O–H groups in total. The molecule has 2 aliphatic heterocycles. The second kappa shape index (κ2) is 6.17. The summed E-state index contributed by atoms with van der Waals surface area (Å²) in [5.41, 5.74) is 0.416. The molecule has 0 unspecified atom stereocenters. The van der Waals surface area contributed by atoms with Gasteiger partial charge >= 0.3 is 0 Å². The molecule has 0 saturated carbocycles.